The van der Waals surface area contributed by atoms with E-state index in [0.717, 1.165) is 0 Å². The molecule has 0 saturated heterocycles. The van der Waals surface area contributed by atoms with E-state index in [1.54, 1.807) is 6.07 Å². The van der Waals surface area contributed by atoms with Crippen LogP contribution in [0.15, 0.2) is 47.4 Å². The number of sulfonamides is 1. The van der Waals surface area contributed by atoms with Gasteiger partial charge >= 0.3 is 5.97 Å². The van der Waals surface area contributed by atoms with Crippen molar-refractivity contribution in [2.45, 2.75) is 4.90 Å². The minimum atomic E-state index is -3.96. The highest BCUT2D eigenvalue weighted by Crippen LogP contribution is 2.17. The number of nitrogens with one attached hydrogen (secondary N) is 1. The number of hydrogen-bond donors (Lipinski definition) is 2. The summed E-state index contributed by atoms with van der Waals surface area (Å²) in [5.41, 5.74) is 0. The standard InChI is InChI=1S/C12H9NO5S2/c14-11(9-6-7-10(19-9)12(15)16)13-20(17,18)8-4-2-1-3-5-8/h1-7H,(H,13,14)(H,15,16). The van der Waals surface area contributed by atoms with Crippen LogP contribution >= 0.6 is 11.3 Å². The third-order valence-electron chi connectivity index (χ3n) is 2.32. The molecule has 1 aromatic heterocycles. The van der Waals surface area contributed by atoms with E-state index in [-0.39, 0.29) is 14.6 Å². The minimum Gasteiger partial charge on any atom is -0.477 e. The number of carbonyl (C=O) groups is 2. The molecule has 1 heterocycles. The van der Waals surface area contributed by atoms with Crippen molar-refractivity contribution in [3.63, 3.8) is 0 Å². The summed E-state index contributed by atoms with van der Waals surface area (Å²) in [6, 6.07) is 9.94. The second kappa shape index (κ2) is 5.43. The molecule has 0 aliphatic carbocycles. The van der Waals surface area contributed by atoms with Gasteiger partial charge in [0.2, 0.25) is 0 Å². The van der Waals surface area contributed by atoms with Gasteiger partial charge in [-0.25, -0.2) is 17.9 Å². The van der Waals surface area contributed by atoms with Crippen LogP contribution in [0.3, 0.4) is 0 Å². The van der Waals surface area contributed by atoms with Gasteiger partial charge in [-0.2, -0.15) is 0 Å². The predicted octanol–water partition coefficient (Wildman–Crippen LogP) is 1.57. The number of benzene rings is 1. The van der Waals surface area contributed by atoms with Crippen LogP contribution in [-0.2, 0) is 10.0 Å². The molecule has 0 bridgehead atoms. The zero-order chi connectivity index (χ0) is 14.8. The number of hydrogen-bond acceptors (Lipinski definition) is 5. The highest BCUT2D eigenvalue weighted by Gasteiger charge is 2.20. The first-order valence-electron chi connectivity index (χ1n) is 5.35. The van der Waals surface area contributed by atoms with Crippen LogP contribution in [0, 0.1) is 0 Å². The lowest BCUT2D eigenvalue weighted by molar-refractivity contribution is 0.0702. The third-order valence-corrected chi connectivity index (χ3v) is 4.74. The van der Waals surface area contributed by atoms with E-state index in [4.69, 9.17) is 5.11 Å². The van der Waals surface area contributed by atoms with Gasteiger partial charge in [-0.15, -0.1) is 11.3 Å². The second-order valence-corrected chi connectivity index (χ2v) is 6.48. The SMILES string of the molecule is O=C(O)c1ccc(C(=O)NS(=O)(=O)c2ccccc2)s1. The highest BCUT2D eigenvalue weighted by atomic mass is 32.2. The van der Waals surface area contributed by atoms with Gasteiger partial charge in [0.1, 0.15) is 4.88 Å². The van der Waals surface area contributed by atoms with E-state index in [0.29, 0.717) is 11.3 Å². The molecule has 0 unspecified atom stereocenters. The number of thiophene rings is 1. The fraction of sp³-hybridized carbons (Fsp3) is 0. The van der Waals surface area contributed by atoms with Crippen LogP contribution in [0.1, 0.15) is 19.3 Å². The molecule has 0 spiro atoms. The van der Waals surface area contributed by atoms with Crippen LogP contribution in [-0.4, -0.2) is 25.4 Å². The second-order valence-electron chi connectivity index (χ2n) is 3.72. The number of aromatic carboxylic acids is 1. The van der Waals surface area contributed by atoms with Crippen molar-refractivity contribution in [2.75, 3.05) is 0 Å². The Labute approximate surface area is 118 Å². The van der Waals surface area contributed by atoms with E-state index in [9.17, 15) is 18.0 Å². The Balaban J connectivity index is 2.21. The summed E-state index contributed by atoms with van der Waals surface area (Å²) in [7, 11) is -3.96. The molecule has 104 valence electrons. The fourth-order valence-electron chi connectivity index (χ4n) is 1.41. The Hall–Kier alpha value is -2.19. The number of carbonyl (C=O) groups excluding carboxylic acids is 1. The quantitative estimate of drug-likeness (QED) is 0.892. The van der Waals surface area contributed by atoms with Crippen LogP contribution < -0.4 is 4.72 Å². The van der Waals surface area contributed by atoms with Crippen molar-refractivity contribution in [3.05, 3.63) is 52.2 Å². The maximum atomic E-state index is 11.9. The Morgan fingerprint density at radius 2 is 1.60 bits per heavy atom. The molecule has 0 aliphatic heterocycles. The Morgan fingerprint density at radius 1 is 1.00 bits per heavy atom. The summed E-state index contributed by atoms with van der Waals surface area (Å²) in [5, 5.41) is 8.75. The van der Waals surface area contributed by atoms with Gasteiger partial charge in [-0.1, -0.05) is 18.2 Å². The molecule has 2 rings (SSSR count). The minimum absolute atomic E-state index is 0.0157. The van der Waals surface area contributed by atoms with E-state index in [1.165, 1.54) is 36.4 Å². The summed E-state index contributed by atoms with van der Waals surface area (Å²) in [4.78, 5) is 22.4. The van der Waals surface area contributed by atoms with Gasteiger partial charge in [-0.3, -0.25) is 4.79 Å². The molecule has 0 radical (unpaired) electrons. The maximum absolute atomic E-state index is 11.9. The smallest absolute Gasteiger partial charge is 0.345 e. The lowest BCUT2D eigenvalue weighted by Crippen LogP contribution is -2.29. The van der Waals surface area contributed by atoms with Gasteiger partial charge < -0.3 is 5.11 Å². The summed E-state index contributed by atoms with van der Waals surface area (Å²) in [6.45, 7) is 0. The average Bonchev–Trinajstić information content (AvgIpc) is 2.89. The van der Waals surface area contributed by atoms with Crippen LogP contribution in [0.5, 0.6) is 0 Å². The summed E-state index contributed by atoms with van der Waals surface area (Å²) in [6.07, 6.45) is 0. The average molecular weight is 311 g/mol. The monoisotopic (exact) mass is 311 g/mol. The van der Waals surface area contributed by atoms with E-state index in [1.807, 2.05) is 4.72 Å². The molecule has 2 aromatic rings. The summed E-state index contributed by atoms with van der Waals surface area (Å²) < 4.78 is 25.7. The summed E-state index contributed by atoms with van der Waals surface area (Å²) >= 11 is 0.709. The fourth-order valence-corrected chi connectivity index (χ4v) is 3.20. The topological polar surface area (TPSA) is 101 Å². The molecule has 8 heteroatoms. The lowest BCUT2D eigenvalue weighted by atomic mass is 10.4. The first-order valence-corrected chi connectivity index (χ1v) is 7.65. The van der Waals surface area contributed by atoms with Crippen LogP contribution in [0.25, 0.3) is 0 Å². The molecular weight excluding hydrogens is 302 g/mol. The molecular formula is C12H9NO5S2. The van der Waals surface area contributed by atoms with Crippen molar-refractivity contribution in [3.8, 4) is 0 Å². The van der Waals surface area contributed by atoms with Crippen LogP contribution in [0.2, 0.25) is 0 Å². The van der Waals surface area contributed by atoms with Crippen molar-refractivity contribution in [2.24, 2.45) is 0 Å². The molecule has 0 atom stereocenters. The van der Waals surface area contributed by atoms with Crippen molar-refractivity contribution in [1.82, 2.24) is 4.72 Å². The normalized spacial score (nSPS) is 11.0. The van der Waals surface area contributed by atoms with Gasteiger partial charge in [0.05, 0.1) is 9.77 Å². The van der Waals surface area contributed by atoms with E-state index < -0.39 is 21.9 Å². The number of carboxylic acid groups (broad SMARTS) is 1. The molecule has 6 nitrogen and oxygen atoms in total. The Bertz CT molecular complexity index is 749. The van der Waals surface area contributed by atoms with E-state index >= 15 is 0 Å². The molecule has 0 saturated carbocycles. The van der Waals surface area contributed by atoms with Gasteiger partial charge in [0.15, 0.2) is 0 Å². The molecule has 0 fully saturated rings. The zero-order valence-corrected chi connectivity index (χ0v) is 11.6. The maximum Gasteiger partial charge on any atom is 0.345 e. The largest absolute Gasteiger partial charge is 0.477 e. The first-order chi connectivity index (χ1) is 9.40. The van der Waals surface area contributed by atoms with E-state index in [2.05, 4.69) is 0 Å². The molecule has 20 heavy (non-hydrogen) atoms. The Morgan fingerprint density at radius 3 is 2.15 bits per heavy atom. The van der Waals surface area contributed by atoms with Gasteiger partial charge in [0, 0.05) is 0 Å². The summed E-state index contributed by atoms with van der Waals surface area (Å²) in [5.74, 6) is -2.02. The zero-order valence-electron chi connectivity index (χ0n) is 9.94. The van der Waals surface area contributed by atoms with Crippen LogP contribution in [0.4, 0.5) is 0 Å². The number of amides is 1. The Kier molecular flexibility index (Phi) is 3.86. The van der Waals surface area contributed by atoms with Crippen molar-refractivity contribution >= 4 is 33.2 Å². The number of rotatable bonds is 4. The van der Waals surface area contributed by atoms with Crippen molar-refractivity contribution in [1.29, 1.82) is 0 Å². The number of carboxylic acids is 1. The first kappa shape index (κ1) is 14.2. The molecule has 1 aromatic carbocycles. The highest BCUT2D eigenvalue weighted by molar-refractivity contribution is 7.90. The third kappa shape index (κ3) is 3.03. The van der Waals surface area contributed by atoms with Crippen molar-refractivity contribution < 1.29 is 23.1 Å². The predicted molar refractivity (Wildman–Crippen MR) is 72.4 cm³/mol. The lowest BCUT2D eigenvalue weighted by Gasteiger charge is -2.05. The molecule has 0 aliphatic rings. The van der Waals surface area contributed by atoms with Gasteiger partial charge in [-0.05, 0) is 24.3 Å². The molecule has 2 N–H and O–H groups in total. The molecule has 1 amide bonds. The van der Waals surface area contributed by atoms with Gasteiger partial charge in [0.25, 0.3) is 15.9 Å².